The molecule has 2 amide bonds. The van der Waals surface area contributed by atoms with Gasteiger partial charge >= 0.3 is 6.36 Å². The fourth-order valence-electron chi connectivity index (χ4n) is 3.81. The lowest BCUT2D eigenvalue weighted by atomic mass is 10.1. The number of anilines is 1. The standard InChI is InChI=1S/C31H26F4N2O5/c32-23-9-13-25(14-10-23)41-26-15-11-24(12-16-26)36-30(39)28(20-40-19-21-5-2-1-3-6-21)37-29(38)18-22-7-4-8-27(17-22)42-31(33,34)35/h1-17,28H,18-20H2,(H,36,39)(H,37,38)/t28-/m0/s1. The van der Waals surface area contributed by atoms with Crippen LogP contribution < -0.4 is 20.1 Å². The van der Waals surface area contributed by atoms with Crippen LogP contribution in [0.1, 0.15) is 11.1 Å². The molecule has 2 N–H and O–H groups in total. The highest BCUT2D eigenvalue weighted by Gasteiger charge is 2.31. The first-order valence-corrected chi connectivity index (χ1v) is 12.7. The van der Waals surface area contributed by atoms with E-state index in [9.17, 15) is 27.2 Å². The smallest absolute Gasteiger partial charge is 0.457 e. The average Bonchev–Trinajstić information content (AvgIpc) is 2.94. The molecule has 0 fully saturated rings. The van der Waals surface area contributed by atoms with Crippen LogP contribution in [0.3, 0.4) is 0 Å². The summed E-state index contributed by atoms with van der Waals surface area (Å²) in [6.45, 7) is 0.0161. The van der Waals surface area contributed by atoms with E-state index in [0.29, 0.717) is 17.2 Å². The highest BCUT2D eigenvalue weighted by molar-refractivity contribution is 5.97. The summed E-state index contributed by atoms with van der Waals surface area (Å²) >= 11 is 0. The largest absolute Gasteiger partial charge is 0.573 e. The SMILES string of the molecule is O=C(Cc1cccc(OC(F)(F)F)c1)N[C@@H](COCc1ccccc1)C(=O)Nc1ccc(Oc2ccc(F)cc2)cc1. The lowest BCUT2D eigenvalue weighted by Gasteiger charge is -2.19. The summed E-state index contributed by atoms with van der Waals surface area (Å²) in [6, 6.07) is 25.0. The van der Waals surface area contributed by atoms with Gasteiger partial charge in [-0.05, 0) is 71.8 Å². The van der Waals surface area contributed by atoms with E-state index in [-0.39, 0.29) is 25.2 Å². The van der Waals surface area contributed by atoms with Gasteiger partial charge in [0.1, 0.15) is 29.1 Å². The molecule has 7 nitrogen and oxygen atoms in total. The zero-order valence-electron chi connectivity index (χ0n) is 22.1. The Labute approximate surface area is 239 Å². The number of alkyl halides is 3. The summed E-state index contributed by atoms with van der Waals surface area (Å²) in [7, 11) is 0. The molecule has 0 aliphatic heterocycles. The predicted octanol–water partition coefficient (Wildman–Crippen LogP) is 6.40. The van der Waals surface area contributed by atoms with Gasteiger partial charge in [-0.25, -0.2) is 4.39 Å². The van der Waals surface area contributed by atoms with E-state index in [4.69, 9.17) is 9.47 Å². The third kappa shape index (κ3) is 9.93. The molecule has 0 aromatic heterocycles. The molecule has 42 heavy (non-hydrogen) atoms. The second-order valence-corrected chi connectivity index (χ2v) is 9.06. The van der Waals surface area contributed by atoms with Crippen molar-refractivity contribution in [2.24, 2.45) is 0 Å². The van der Waals surface area contributed by atoms with Crippen LogP contribution in [0.5, 0.6) is 17.2 Å². The number of carbonyl (C=O) groups is 2. The first-order chi connectivity index (χ1) is 20.1. The van der Waals surface area contributed by atoms with Gasteiger partial charge < -0.3 is 24.8 Å². The highest BCUT2D eigenvalue weighted by Crippen LogP contribution is 2.24. The molecule has 0 saturated heterocycles. The van der Waals surface area contributed by atoms with Crippen molar-refractivity contribution in [2.45, 2.75) is 25.4 Å². The first-order valence-electron chi connectivity index (χ1n) is 12.7. The van der Waals surface area contributed by atoms with E-state index in [1.807, 2.05) is 30.3 Å². The van der Waals surface area contributed by atoms with Gasteiger partial charge in [0, 0.05) is 5.69 Å². The molecule has 0 saturated carbocycles. The minimum Gasteiger partial charge on any atom is -0.457 e. The fourth-order valence-corrected chi connectivity index (χ4v) is 3.81. The molecule has 4 aromatic rings. The number of amides is 2. The summed E-state index contributed by atoms with van der Waals surface area (Å²) < 4.78 is 66.1. The molecule has 0 aliphatic rings. The number of rotatable bonds is 12. The molecule has 0 unspecified atom stereocenters. The first kappa shape index (κ1) is 30.1. The molecule has 0 bridgehead atoms. The third-order valence-electron chi connectivity index (χ3n) is 5.72. The van der Waals surface area contributed by atoms with Crippen LogP contribution in [-0.2, 0) is 27.4 Å². The molecule has 4 aromatic carbocycles. The maximum absolute atomic E-state index is 13.1. The van der Waals surface area contributed by atoms with Crippen molar-refractivity contribution in [1.29, 1.82) is 0 Å². The number of hydrogen-bond acceptors (Lipinski definition) is 5. The van der Waals surface area contributed by atoms with Gasteiger partial charge in [0.05, 0.1) is 19.6 Å². The Bertz CT molecular complexity index is 1460. The number of benzene rings is 4. The Balaban J connectivity index is 1.39. The van der Waals surface area contributed by atoms with Crippen molar-refractivity contribution in [3.63, 3.8) is 0 Å². The van der Waals surface area contributed by atoms with Gasteiger partial charge in [0.25, 0.3) is 0 Å². The van der Waals surface area contributed by atoms with Crippen molar-refractivity contribution < 1.29 is 41.4 Å². The van der Waals surface area contributed by atoms with Gasteiger partial charge in [-0.2, -0.15) is 0 Å². The summed E-state index contributed by atoms with van der Waals surface area (Å²) in [5.41, 5.74) is 1.53. The number of carbonyl (C=O) groups excluding carboxylic acids is 2. The number of nitrogens with one attached hydrogen (secondary N) is 2. The van der Waals surface area contributed by atoms with E-state index in [0.717, 1.165) is 17.7 Å². The maximum Gasteiger partial charge on any atom is 0.573 e. The van der Waals surface area contributed by atoms with Crippen molar-refractivity contribution in [1.82, 2.24) is 5.32 Å². The van der Waals surface area contributed by atoms with Crippen LogP contribution >= 0.6 is 0 Å². The Kier molecular flexibility index (Phi) is 10.1. The van der Waals surface area contributed by atoms with Crippen LogP contribution in [0.15, 0.2) is 103 Å². The normalized spacial score (nSPS) is 11.8. The third-order valence-corrected chi connectivity index (χ3v) is 5.72. The molecule has 218 valence electrons. The number of halogens is 4. The van der Waals surface area contributed by atoms with E-state index in [2.05, 4.69) is 15.4 Å². The minimum absolute atomic E-state index is 0.171. The van der Waals surface area contributed by atoms with Crippen LogP contribution in [-0.4, -0.2) is 30.8 Å². The van der Waals surface area contributed by atoms with Gasteiger partial charge in [-0.15, -0.1) is 13.2 Å². The van der Waals surface area contributed by atoms with E-state index in [1.165, 1.54) is 36.4 Å². The predicted molar refractivity (Wildman–Crippen MR) is 146 cm³/mol. The summed E-state index contributed by atoms with van der Waals surface area (Å²) in [6.07, 6.45) is -5.17. The van der Waals surface area contributed by atoms with Crippen molar-refractivity contribution in [3.8, 4) is 17.2 Å². The molecular weight excluding hydrogens is 556 g/mol. The highest BCUT2D eigenvalue weighted by atomic mass is 19.4. The van der Waals surface area contributed by atoms with Crippen LogP contribution in [0, 0.1) is 5.82 Å². The Hall–Kier alpha value is -4.90. The maximum atomic E-state index is 13.1. The lowest BCUT2D eigenvalue weighted by molar-refractivity contribution is -0.274. The molecule has 0 heterocycles. The average molecular weight is 583 g/mol. The minimum atomic E-state index is -4.87. The molecule has 0 radical (unpaired) electrons. The van der Waals surface area contributed by atoms with E-state index >= 15 is 0 Å². The topological polar surface area (TPSA) is 85.9 Å². The van der Waals surface area contributed by atoms with E-state index in [1.54, 1.807) is 24.3 Å². The van der Waals surface area contributed by atoms with Crippen LogP contribution in [0.4, 0.5) is 23.2 Å². The Morgan fingerprint density at radius 1 is 0.762 bits per heavy atom. The lowest BCUT2D eigenvalue weighted by Crippen LogP contribution is -2.47. The van der Waals surface area contributed by atoms with Gasteiger partial charge in [0.15, 0.2) is 0 Å². The monoisotopic (exact) mass is 582 g/mol. The van der Waals surface area contributed by atoms with Crippen molar-refractivity contribution >= 4 is 17.5 Å². The van der Waals surface area contributed by atoms with Crippen molar-refractivity contribution in [2.75, 3.05) is 11.9 Å². The molecule has 4 rings (SSSR count). The molecule has 11 heteroatoms. The van der Waals surface area contributed by atoms with Gasteiger partial charge in [-0.1, -0.05) is 42.5 Å². The Morgan fingerprint density at radius 2 is 1.40 bits per heavy atom. The number of ether oxygens (including phenoxy) is 3. The van der Waals surface area contributed by atoms with Crippen LogP contribution in [0.2, 0.25) is 0 Å². The second kappa shape index (κ2) is 14.1. The van der Waals surface area contributed by atoms with Gasteiger partial charge in [-0.3, -0.25) is 9.59 Å². The van der Waals surface area contributed by atoms with Gasteiger partial charge in [0.2, 0.25) is 11.8 Å². The second-order valence-electron chi connectivity index (χ2n) is 9.06. The van der Waals surface area contributed by atoms with Crippen molar-refractivity contribution in [3.05, 3.63) is 120 Å². The number of hydrogen-bond donors (Lipinski definition) is 2. The van der Waals surface area contributed by atoms with Crippen LogP contribution in [0.25, 0.3) is 0 Å². The Morgan fingerprint density at radius 3 is 2.07 bits per heavy atom. The zero-order chi connectivity index (χ0) is 30.0. The quantitative estimate of drug-likeness (QED) is 0.189. The zero-order valence-corrected chi connectivity index (χ0v) is 22.1. The molecule has 1 atom stereocenters. The molecule has 0 aliphatic carbocycles. The van der Waals surface area contributed by atoms with E-state index < -0.39 is 35.8 Å². The summed E-state index contributed by atoms with van der Waals surface area (Å²) in [4.78, 5) is 25.9. The summed E-state index contributed by atoms with van der Waals surface area (Å²) in [5.74, 6) is -1.14. The summed E-state index contributed by atoms with van der Waals surface area (Å²) in [5, 5.41) is 5.30. The molecular formula is C31H26F4N2O5. The fraction of sp³-hybridized carbons (Fsp3) is 0.161. The molecule has 0 spiro atoms.